The molecule has 164 valence electrons. The first-order chi connectivity index (χ1) is 15.0. The van der Waals surface area contributed by atoms with Gasteiger partial charge < -0.3 is 9.67 Å². The quantitative estimate of drug-likeness (QED) is 0.433. The predicted molar refractivity (Wildman–Crippen MR) is 113 cm³/mol. The van der Waals surface area contributed by atoms with Crippen molar-refractivity contribution in [2.24, 2.45) is 0 Å². The van der Waals surface area contributed by atoms with Gasteiger partial charge in [0.25, 0.3) is 0 Å². The van der Waals surface area contributed by atoms with E-state index in [1.165, 1.54) is 6.07 Å². The maximum atomic E-state index is 12.9. The molecule has 3 heterocycles. The fourth-order valence-corrected chi connectivity index (χ4v) is 3.68. The van der Waals surface area contributed by atoms with Crippen LogP contribution in [0.5, 0.6) is 0 Å². The van der Waals surface area contributed by atoms with E-state index < -0.39 is 17.7 Å². The number of aryl methyl sites for hydroxylation is 2. The smallest absolute Gasteiger partial charge is 0.417 e. The maximum absolute atomic E-state index is 12.9. The Balaban J connectivity index is 1.80. The zero-order valence-corrected chi connectivity index (χ0v) is 17.7. The van der Waals surface area contributed by atoms with Crippen LogP contribution in [-0.4, -0.2) is 30.6 Å². The minimum Gasteiger partial charge on any atom is -0.477 e. The van der Waals surface area contributed by atoms with Gasteiger partial charge in [-0.3, -0.25) is 4.98 Å². The number of aromatic nitrogens is 4. The van der Waals surface area contributed by atoms with Crippen LogP contribution in [0.15, 0.2) is 42.6 Å². The highest BCUT2D eigenvalue weighted by Gasteiger charge is 2.31. The molecule has 0 spiro atoms. The van der Waals surface area contributed by atoms with Crippen molar-refractivity contribution in [1.29, 1.82) is 0 Å². The molecule has 3 aromatic heterocycles. The van der Waals surface area contributed by atoms with Crippen LogP contribution in [0.2, 0.25) is 5.02 Å². The Kier molecular flexibility index (Phi) is 5.37. The molecule has 4 aromatic rings. The molecule has 0 fully saturated rings. The molecular weight excluding hydrogens is 445 g/mol. The van der Waals surface area contributed by atoms with Crippen LogP contribution >= 0.6 is 11.6 Å². The summed E-state index contributed by atoms with van der Waals surface area (Å²) in [5.41, 5.74) is 2.70. The summed E-state index contributed by atoms with van der Waals surface area (Å²) in [6.07, 6.45) is -3.77. The standard InChI is InChI=1S/C22H16ClF3N4O2/c1-11-6-13(16-4-3-5-17(29-16)21(31)32)7-19-20(11)28-12(2)30(19)10-18-15(23)8-14(9-27-18)22(24,25)26/h3-9H,10H2,1-2H3,(H,31,32). The van der Waals surface area contributed by atoms with Crippen molar-refractivity contribution in [3.63, 3.8) is 0 Å². The van der Waals surface area contributed by atoms with E-state index in [2.05, 4.69) is 15.0 Å². The number of hydrogen-bond acceptors (Lipinski definition) is 4. The summed E-state index contributed by atoms with van der Waals surface area (Å²) < 4.78 is 40.6. The van der Waals surface area contributed by atoms with Crippen LogP contribution in [0.3, 0.4) is 0 Å². The van der Waals surface area contributed by atoms with Gasteiger partial charge in [-0.15, -0.1) is 0 Å². The number of fused-ring (bicyclic) bond motifs is 1. The normalized spacial score (nSPS) is 11.8. The molecule has 0 amide bonds. The summed E-state index contributed by atoms with van der Waals surface area (Å²) in [5, 5.41) is 9.13. The molecule has 0 saturated heterocycles. The number of halogens is 4. The van der Waals surface area contributed by atoms with Gasteiger partial charge in [-0.2, -0.15) is 13.2 Å². The molecule has 1 aromatic carbocycles. The largest absolute Gasteiger partial charge is 0.477 e. The summed E-state index contributed by atoms with van der Waals surface area (Å²) in [6.45, 7) is 3.76. The summed E-state index contributed by atoms with van der Waals surface area (Å²) >= 11 is 6.10. The van der Waals surface area contributed by atoms with E-state index in [1.54, 1.807) is 23.6 Å². The summed E-state index contributed by atoms with van der Waals surface area (Å²) in [6, 6.07) is 9.25. The molecule has 4 rings (SSSR count). The molecule has 32 heavy (non-hydrogen) atoms. The predicted octanol–water partition coefficient (Wildman–Crippen LogP) is 5.53. The molecule has 0 unspecified atom stereocenters. The Labute approximate surface area is 185 Å². The van der Waals surface area contributed by atoms with Crippen molar-refractivity contribution in [3.8, 4) is 11.3 Å². The van der Waals surface area contributed by atoms with E-state index in [4.69, 9.17) is 11.6 Å². The number of imidazole rings is 1. The van der Waals surface area contributed by atoms with Crippen molar-refractivity contribution in [1.82, 2.24) is 19.5 Å². The van der Waals surface area contributed by atoms with E-state index in [-0.39, 0.29) is 23.0 Å². The lowest BCUT2D eigenvalue weighted by molar-refractivity contribution is -0.137. The summed E-state index contributed by atoms with van der Waals surface area (Å²) in [4.78, 5) is 24.0. The van der Waals surface area contributed by atoms with Gasteiger partial charge in [0, 0.05) is 11.8 Å². The van der Waals surface area contributed by atoms with Crippen LogP contribution in [0.25, 0.3) is 22.3 Å². The average Bonchev–Trinajstić information content (AvgIpc) is 3.04. The Bertz CT molecular complexity index is 1370. The van der Waals surface area contributed by atoms with E-state index >= 15 is 0 Å². The number of carboxylic acid groups (broad SMARTS) is 1. The van der Waals surface area contributed by atoms with Crippen LogP contribution in [0.4, 0.5) is 13.2 Å². The highest BCUT2D eigenvalue weighted by molar-refractivity contribution is 6.31. The minimum atomic E-state index is -4.53. The molecular formula is C22H16ClF3N4O2. The van der Waals surface area contributed by atoms with E-state index in [0.717, 1.165) is 17.8 Å². The average molecular weight is 461 g/mol. The zero-order valence-electron chi connectivity index (χ0n) is 16.9. The van der Waals surface area contributed by atoms with Crippen LogP contribution in [-0.2, 0) is 12.7 Å². The highest BCUT2D eigenvalue weighted by atomic mass is 35.5. The molecule has 6 nitrogen and oxygen atoms in total. The van der Waals surface area contributed by atoms with Gasteiger partial charge >= 0.3 is 12.1 Å². The fraction of sp³-hybridized carbons (Fsp3) is 0.182. The van der Waals surface area contributed by atoms with Gasteiger partial charge in [0.2, 0.25) is 0 Å². The number of carboxylic acids is 1. The number of aromatic carboxylic acids is 1. The lowest BCUT2D eigenvalue weighted by atomic mass is 10.1. The molecule has 0 atom stereocenters. The van der Waals surface area contributed by atoms with Crippen molar-refractivity contribution < 1.29 is 23.1 Å². The number of rotatable bonds is 4. The van der Waals surface area contributed by atoms with Crippen molar-refractivity contribution in [3.05, 3.63) is 76.0 Å². The maximum Gasteiger partial charge on any atom is 0.417 e. The number of pyridine rings is 2. The van der Waals surface area contributed by atoms with Crippen molar-refractivity contribution in [2.75, 3.05) is 0 Å². The molecule has 0 aliphatic rings. The first-order valence-corrected chi connectivity index (χ1v) is 9.82. The minimum absolute atomic E-state index is 0.0781. The fourth-order valence-electron chi connectivity index (χ4n) is 3.46. The van der Waals surface area contributed by atoms with Gasteiger partial charge in [0.05, 0.1) is 39.6 Å². The van der Waals surface area contributed by atoms with Gasteiger partial charge in [0.1, 0.15) is 11.5 Å². The molecule has 0 radical (unpaired) electrons. The van der Waals surface area contributed by atoms with E-state index in [9.17, 15) is 23.1 Å². The van der Waals surface area contributed by atoms with Gasteiger partial charge in [-0.1, -0.05) is 17.7 Å². The molecule has 0 aliphatic heterocycles. The molecule has 0 saturated carbocycles. The Morgan fingerprint density at radius 1 is 1.16 bits per heavy atom. The van der Waals surface area contributed by atoms with Gasteiger partial charge in [-0.25, -0.2) is 14.8 Å². The molecule has 0 bridgehead atoms. The number of nitrogens with zero attached hydrogens (tertiary/aromatic N) is 4. The number of hydrogen-bond donors (Lipinski definition) is 1. The number of alkyl halides is 3. The SMILES string of the molecule is Cc1cc(-c2cccc(C(=O)O)n2)cc2c1nc(C)n2Cc1ncc(C(F)(F)F)cc1Cl. The van der Waals surface area contributed by atoms with Crippen LogP contribution in [0.1, 0.15) is 33.1 Å². The molecule has 10 heteroatoms. The van der Waals surface area contributed by atoms with Crippen LogP contribution in [0, 0.1) is 13.8 Å². The van der Waals surface area contributed by atoms with E-state index in [0.29, 0.717) is 28.1 Å². The Morgan fingerprint density at radius 3 is 2.56 bits per heavy atom. The Hall–Kier alpha value is -3.46. The molecule has 1 N–H and O–H groups in total. The van der Waals surface area contributed by atoms with Crippen molar-refractivity contribution >= 4 is 28.6 Å². The van der Waals surface area contributed by atoms with Gasteiger partial charge in [-0.05, 0) is 49.7 Å². The topological polar surface area (TPSA) is 80.9 Å². The van der Waals surface area contributed by atoms with Crippen molar-refractivity contribution in [2.45, 2.75) is 26.6 Å². The molecule has 0 aliphatic carbocycles. The van der Waals surface area contributed by atoms with Gasteiger partial charge in [0.15, 0.2) is 0 Å². The first-order valence-electron chi connectivity index (χ1n) is 9.44. The number of benzene rings is 1. The van der Waals surface area contributed by atoms with E-state index in [1.807, 2.05) is 19.1 Å². The number of carbonyl (C=O) groups is 1. The van der Waals surface area contributed by atoms with Crippen LogP contribution < -0.4 is 0 Å². The second kappa shape index (κ2) is 7.90. The Morgan fingerprint density at radius 2 is 1.91 bits per heavy atom. The second-order valence-corrected chi connectivity index (χ2v) is 7.68. The highest BCUT2D eigenvalue weighted by Crippen LogP contribution is 2.32. The lowest BCUT2D eigenvalue weighted by Gasteiger charge is -2.12. The zero-order chi connectivity index (χ0) is 23.2. The lowest BCUT2D eigenvalue weighted by Crippen LogP contribution is -2.09. The summed E-state index contributed by atoms with van der Waals surface area (Å²) in [7, 11) is 0. The first kappa shape index (κ1) is 21.8. The third-order valence-electron chi connectivity index (χ3n) is 5.05. The third-order valence-corrected chi connectivity index (χ3v) is 5.38. The second-order valence-electron chi connectivity index (χ2n) is 7.27. The summed E-state index contributed by atoms with van der Waals surface area (Å²) in [5.74, 6) is -0.501. The third kappa shape index (κ3) is 4.03. The monoisotopic (exact) mass is 460 g/mol.